The van der Waals surface area contributed by atoms with E-state index >= 15 is 0 Å². The number of nitrogens with zero attached hydrogens (tertiary/aromatic N) is 4. The summed E-state index contributed by atoms with van der Waals surface area (Å²) >= 11 is 0. The molecule has 1 saturated heterocycles. The first-order valence-electron chi connectivity index (χ1n) is 8.75. The number of fused-ring (bicyclic) bond motifs is 1. The van der Waals surface area contributed by atoms with Crippen LogP contribution >= 0.6 is 0 Å². The summed E-state index contributed by atoms with van der Waals surface area (Å²) < 4.78 is 7.62. The lowest BCUT2D eigenvalue weighted by Crippen LogP contribution is -2.42. The van der Waals surface area contributed by atoms with Gasteiger partial charge in [-0.2, -0.15) is 5.10 Å². The molecule has 1 aromatic carbocycles. The Morgan fingerprint density at radius 2 is 2.08 bits per heavy atom. The van der Waals surface area contributed by atoms with Gasteiger partial charge in [-0.25, -0.2) is 9.50 Å². The van der Waals surface area contributed by atoms with Gasteiger partial charge in [0.15, 0.2) is 5.65 Å². The number of nitrogens with two attached hydrogens (primary N) is 1. The minimum absolute atomic E-state index is 0.241. The van der Waals surface area contributed by atoms with Crippen LogP contribution in [0.15, 0.2) is 48.9 Å². The largest absolute Gasteiger partial charge is 0.376 e. The summed E-state index contributed by atoms with van der Waals surface area (Å²) in [6.07, 6.45) is 7.06. The summed E-state index contributed by atoms with van der Waals surface area (Å²) in [5, 5.41) is 4.49. The molecular weight excluding hydrogens is 314 g/mol. The molecule has 0 saturated carbocycles. The van der Waals surface area contributed by atoms with Crippen molar-refractivity contribution in [2.45, 2.75) is 19.1 Å². The van der Waals surface area contributed by atoms with E-state index in [2.05, 4.69) is 33.3 Å². The average Bonchev–Trinajstić information content (AvgIpc) is 3.06. The fourth-order valence-electron chi connectivity index (χ4n) is 3.36. The van der Waals surface area contributed by atoms with E-state index in [1.807, 2.05) is 35.1 Å². The molecule has 0 radical (unpaired) electrons. The van der Waals surface area contributed by atoms with Crippen LogP contribution in [0.1, 0.15) is 12.0 Å². The van der Waals surface area contributed by atoms with E-state index < -0.39 is 0 Å². The molecule has 4 rings (SSSR count). The van der Waals surface area contributed by atoms with Gasteiger partial charge < -0.3 is 10.5 Å². The first-order valence-corrected chi connectivity index (χ1v) is 8.75. The van der Waals surface area contributed by atoms with Crippen molar-refractivity contribution in [2.24, 2.45) is 5.73 Å². The molecular formula is C19H23N5O. The quantitative estimate of drug-likeness (QED) is 0.771. The van der Waals surface area contributed by atoms with E-state index in [4.69, 9.17) is 10.5 Å². The molecule has 0 amide bonds. The monoisotopic (exact) mass is 337 g/mol. The maximum absolute atomic E-state index is 5.75. The summed E-state index contributed by atoms with van der Waals surface area (Å²) in [4.78, 5) is 7.06. The molecule has 25 heavy (non-hydrogen) atoms. The lowest BCUT2D eigenvalue weighted by molar-refractivity contribution is -0.0335. The predicted octanol–water partition coefficient (Wildman–Crippen LogP) is 1.95. The highest BCUT2D eigenvalue weighted by atomic mass is 16.5. The second kappa shape index (κ2) is 7.31. The van der Waals surface area contributed by atoms with E-state index in [9.17, 15) is 0 Å². The van der Waals surface area contributed by atoms with Crippen LogP contribution in [-0.2, 0) is 11.3 Å². The molecule has 3 heterocycles. The van der Waals surface area contributed by atoms with Crippen molar-refractivity contribution >= 4 is 5.65 Å². The van der Waals surface area contributed by atoms with Crippen molar-refractivity contribution < 1.29 is 4.74 Å². The highest BCUT2D eigenvalue weighted by Crippen LogP contribution is 2.23. The molecule has 6 heteroatoms. The number of hydrogen-bond donors (Lipinski definition) is 1. The third-order valence-corrected chi connectivity index (χ3v) is 4.61. The Hall–Kier alpha value is -2.28. The van der Waals surface area contributed by atoms with E-state index in [1.54, 1.807) is 0 Å². The Labute approximate surface area is 147 Å². The van der Waals surface area contributed by atoms with Crippen molar-refractivity contribution in [1.82, 2.24) is 19.5 Å². The normalized spacial score (nSPS) is 18.7. The second-order valence-corrected chi connectivity index (χ2v) is 6.46. The average molecular weight is 337 g/mol. The van der Waals surface area contributed by atoms with E-state index in [-0.39, 0.29) is 6.10 Å². The van der Waals surface area contributed by atoms with Crippen molar-refractivity contribution in [3.05, 3.63) is 54.5 Å². The van der Waals surface area contributed by atoms with Gasteiger partial charge in [-0.15, -0.1) is 0 Å². The van der Waals surface area contributed by atoms with Crippen molar-refractivity contribution in [2.75, 3.05) is 26.2 Å². The Kier molecular flexibility index (Phi) is 4.74. The summed E-state index contributed by atoms with van der Waals surface area (Å²) in [6.45, 7) is 4.15. The first-order chi connectivity index (χ1) is 12.3. The van der Waals surface area contributed by atoms with Crippen molar-refractivity contribution in [3.63, 3.8) is 0 Å². The van der Waals surface area contributed by atoms with Crippen LogP contribution in [0.25, 0.3) is 16.8 Å². The highest BCUT2D eigenvalue weighted by molar-refractivity contribution is 5.76. The predicted molar refractivity (Wildman–Crippen MR) is 97.1 cm³/mol. The molecule has 130 valence electrons. The van der Waals surface area contributed by atoms with Gasteiger partial charge >= 0.3 is 0 Å². The van der Waals surface area contributed by atoms with E-state index in [0.29, 0.717) is 6.54 Å². The maximum atomic E-state index is 5.75. The van der Waals surface area contributed by atoms with Gasteiger partial charge in [-0.1, -0.05) is 30.3 Å². The molecule has 0 bridgehead atoms. The van der Waals surface area contributed by atoms with Crippen LogP contribution in [0.3, 0.4) is 0 Å². The zero-order chi connectivity index (χ0) is 17.1. The third kappa shape index (κ3) is 3.56. The third-order valence-electron chi connectivity index (χ3n) is 4.61. The lowest BCUT2D eigenvalue weighted by Gasteiger charge is -2.32. The molecule has 1 aliphatic heterocycles. The van der Waals surface area contributed by atoms with Gasteiger partial charge in [-0.3, -0.25) is 4.90 Å². The summed E-state index contributed by atoms with van der Waals surface area (Å²) in [5.41, 5.74) is 9.88. The Balaban J connectivity index is 1.52. The fourth-order valence-corrected chi connectivity index (χ4v) is 3.36. The maximum Gasteiger partial charge on any atom is 0.162 e. The molecule has 1 aliphatic rings. The molecule has 6 nitrogen and oxygen atoms in total. The van der Waals surface area contributed by atoms with Gasteiger partial charge in [0.05, 0.1) is 18.9 Å². The minimum atomic E-state index is 0.241. The number of hydrogen-bond acceptors (Lipinski definition) is 5. The number of morpholine rings is 1. The first kappa shape index (κ1) is 16.2. The van der Waals surface area contributed by atoms with Crippen molar-refractivity contribution in [1.29, 1.82) is 0 Å². The standard InChI is InChI=1S/C19H23N5O/c20-7-6-17-14-23(8-9-25-17)12-15-10-21-19-18(11-22-24(19)13-15)16-4-2-1-3-5-16/h1-5,10-11,13,17H,6-9,12,14,20H2. The Morgan fingerprint density at radius 1 is 1.20 bits per heavy atom. The molecule has 2 N–H and O–H groups in total. The smallest absolute Gasteiger partial charge is 0.162 e. The van der Waals surface area contributed by atoms with Crippen LogP contribution in [0.2, 0.25) is 0 Å². The van der Waals surface area contributed by atoms with Crippen LogP contribution in [0.4, 0.5) is 0 Å². The van der Waals surface area contributed by atoms with Crippen LogP contribution in [0.5, 0.6) is 0 Å². The molecule has 1 fully saturated rings. The van der Waals surface area contributed by atoms with E-state index in [1.165, 1.54) is 0 Å². The molecule has 2 aromatic heterocycles. The number of rotatable bonds is 5. The molecule has 0 aliphatic carbocycles. The van der Waals surface area contributed by atoms with Gasteiger partial charge in [-0.05, 0) is 18.5 Å². The molecule has 0 spiro atoms. The van der Waals surface area contributed by atoms with Gasteiger partial charge in [0.25, 0.3) is 0 Å². The number of aromatic nitrogens is 3. The minimum Gasteiger partial charge on any atom is -0.376 e. The fraction of sp³-hybridized carbons (Fsp3) is 0.368. The number of benzene rings is 1. The van der Waals surface area contributed by atoms with Gasteiger partial charge in [0.1, 0.15) is 0 Å². The second-order valence-electron chi connectivity index (χ2n) is 6.46. The van der Waals surface area contributed by atoms with Crippen LogP contribution in [0, 0.1) is 0 Å². The van der Waals surface area contributed by atoms with E-state index in [0.717, 1.165) is 55.0 Å². The Morgan fingerprint density at radius 3 is 2.92 bits per heavy atom. The molecule has 1 unspecified atom stereocenters. The Bertz CT molecular complexity index is 830. The van der Waals surface area contributed by atoms with Crippen molar-refractivity contribution in [3.8, 4) is 11.1 Å². The molecule has 1 atom stereocenters. The van der Waals surface area contributed by atoms with Gasteiger partial charge in [0, 0.05) is 43.2 Å². The number of ether oxygens (including phenoxy) is 1. The summed E-state index contributed by atoms with van der Waals surface area (Å²) in [5.74, 6) is 0. The summed E-state index contributed by atoms with van der Waals surface area (Å²) in [7, 11) is 0. The topological polar surface area (TPSA) is 68.7 Å². The SMILES string of the molecule is NCCC1CN(Cc2cnc3c(-c4ccccc4)cnn3c2)CCO1. The van der Waals surface area contributed by atoms with Crippen LogP contribution < -0.4 is 5.73 Å². The zero-order valence-electron chi connectivity index (χ0n) is 14.2. The summed E-state index contributed by atoms with van der Waals surface area (Å²) in [6, 6.07) is 10.2. The lowest BCUT2D eigenvalue weighted by atomic mass is 10.1. The highest BCUT2D eigenvalue weighted by Gasteiger charge is 2.20. The zero-order valence-corrected chi connectivity index (χ0v) is 14.2. The van der Waals surface area contributed by atoms with Crippen LogP contribution in [-0.4, -0.2) is 51.8 Å². The van der Waals surface area contributed by atoms with Gasteiger partial charge in [0.2, 0.25) is 0 Å². The molecule has 3 aromatic rings.